The fourth-order valence-electron chi connectivity index (χ4n) is 3.22. The van der Waals surface area contributed by atoms with Gasteiger partial charge in [-0.05, 0) is 25.0 Å². The monoisotopic (exact) mass is 402 g/mol. The smallest absolute Gasteiger partial charge is 0.324 e. The van der Waals surface area contributed by atoms with E-state index >= 15 is 0 Å². The van der Waals surface area contributed by atoms with E-state index in [1.165, 1.54) is 16.7 Å². The molecule has 0 saturated carbocycles. The molecule has 1 aliphatic heterocycles. The standard InChI is InChI=1S/C20H26N4O3S/c1-2-3-4-7-11-24-18(26)15-9-5-6-10-16(15)22-20(24)28-13-8-12-23-17(25)14-21-19(23)27/h5-6,9-10H,2-4,7-8,11-14H2,1H3,(H,21,27). The molecular weight excluding hydrogens is 376 g/mol. The zero-order chi connectivity index (χ0) is 19.9. The van der Waals surface area contributed by atoms with E-state index in [0.29, 0.717) is 41.3 Å². The van der Waals surface area contributed by atoms with Crippen LogP contribution >= 0.6 is 11.8 Å². The van der Waals surface area contributed by atoms with Crippen LogP contribution < -0.4 is 10.9 Å². The summed E-state index contributed by atoms with van der Waals surface area (Å²) in [6.45, 7) is 3.28. The SMILES string of the molecule is CCCCCCn1c(SCCCN2C(=O)CNC2=O)nc2ccccc2c1=O. The van der Waals surface area contributed by atoms with E-state index < -0.39 is 0 Å². The van der Waals surface area contributed by atoms with Crippen molar-refractivity contribution in [3.63, 3.8) is 0 Å². The number of imide groups is 1. The van der Waals surface area contributed by atoms with Crippen LogP contribution in [0.5, 0.6) is 0 Å². The van der Waals surface area contributed by atoms with Crippen LogP contribution in [0.1, 0.15) is 39.0 Å². The van der Waals surface area contributed by atoms with Crippen molar-refractivity contribution in [1.82, 2.24) is 19.8 Å². The molecule has 3 rings (SSSR count). The topological polar surface area (TPSA) is 84.3 Å². The molecule has 0 radical (unpaired) electrons. The number of fused-ring (bicyclic) bond motifs is 1. The number of carbonyl (C=O) groups excluding carboxylic acids is 2. The Balaban J connectivity index is 1.70. The number of carbonyl (C=O) groups is 2. The van der Waals surface area contributed by atoms with Crippen LogP contribution in [0.2, 0.25) is 0 Å². The van der Waals surface area contributed by atoms with Gasteiger partial charge >= 0.3 is 6.03 Å². The first-order valence-electron chi connectivity index (χ1n) is 9.82. The number of benzene rings is 1. The van der Waals surface area contributed by atoms with Gasteiger partial charge in [0, 0.05) is 18.8 Å². The second-order valence-corrected chi connectivity index (χ2v) is 7.90. The van der Waals surface area contributed by atoms with Gasteiger partial charge in [0.2, 0.25) is 5.91 Å². The lowest BCUT2D eigenvalue weighted by Crippen LogP contribution is -2.32. The fourth-order valence-corrected chi connectivity index (χ4v) is 4.17. The summed E-state index contributed by atoms with van der Waals surface area (Å²) >= 11 is 1.51. The number of para-hydroxylation sites is 1. The number of aromatic nitrogens is 2. The van der Waals surface area contributed by atoms with Gasteiger partial charge in [-0.3, -0.25) is 19.1 Å². The Labute approximate surface area is 168 Å². The van der Waals surface area contributed by atoms with Crippen LogP contribution in [-0.4, -0.2) is 45.2 Å². The summed E-state index contributed by atoms with van der Waals surface area (Å²) in [7, 11) is 0. The zero-order valence-corrected chi connectivity index (χ0v) is 17.0. The maximum atomic E-state index is 12.9. The van der Waals surface area contributed by atoms with Crippen molar-refractivity contribution in [3.8, 4) is 0 Å². The van der Waals surface area contributed by atoms with E-state index in [1.54, 1.807) is 4.57 Å². The zero-order valence-electron chi connectivity index (χ0n) is 16.1. The molecule has 2 heterocycles. The molecule has 1 fully saturated rings. The largest absolute Gasteiger partial charge is 0.329 e. The molecule has 2 aromatic rings. The summed E-state index contributed by atoms with van der Waals surface area (Å²) in [6, 6.07) is 7.09. The Bertz CT molecular complexity index is 896. The van der Waals surface area contributed by atoms with Crippen molar-refractivity contribution in [1.29, 1.82) is 0 Å². The third kappa shape index (κ3) is 4.73. The van der Waals surface area contributed by atoms with Gasteiger partial charge < -0.3 is 5.32 Å². The number of urea groups is 1. The van der Waals surface area contributed by atoms with E-state index in [0.717, 1.165) is 25.7 Å². The average Bonchev–Trinajstić information content (AvgIpc) is 3.02. The number of thioether (sulfide) groups is 1. The Hall–Kier alpha value is -2.35. The molecule has 1 N–H and O–H groups in total. The Morgan fingerprint density at radius 2 is 1.89 bits per heavy atom. The molecule has 0 spiro atoms. The normalized spacial score (nSPS) is 14.1. The van der Waals surface area contributed by atoms with Gasteiger partial charge in [-0.15, -0.1) is 0 Å². The molecule has 7 nitrogen and oxygen atoms in total. The van der Waals surface area contributed by atoms with Gasteiger partial charge in [-0.25, -0.2) is 9.78 Å². The van der Waals surface area contributed by atoms with Crippen LogP contribution in [-0.2, 0) is 11.3 Å². The van der Waals surface area contributed by atoms with Gasteiger partial charge in [0.05, 0.1) is 17.4 Å². The van der Waals surface area contributed by atoms with E-state index in [-0.39, 0.29) is 24.0 Å². The molecular formula is C20H26N4O3S. The number of hydrogen-bond donors (Lipinski definition) is 1. The third-order valence-corrected chi connectivity index (χ3v) is 5.82. The average molecular weight is 403 g/mol. The van der Waals surface area contributed by atoms with E-state index in [1.807, 2.05) is 24.3 Å². The van der Waals surface area contributed by atoms with E-state index in [4.69, 9.17) is 4.98 Å². The van der Waals surface area contributed by atoms with Crippen LogP contribution in [0, 0.1) is 0 Å². The van der Waals surface area contributed by atoms with Crippen molar-refractivity contribution in [2.45, 2.75) is 50.7 Å². The lowest BCUT2D eigenvalue weighted by atomic mass is 10.2. The highest BCUT2D eigenvalue weighted by Crippen LogP contribution is 2.20. The highest BCUT2D eigenvalue weighted by molar-refractivity contribution is 7.99. The molecule has 0 atom stereocenters. The van der Waals surface area contributed by atoms with Gasteiger partial charge in [-0.1, -0.05) is 50.1 Å². The maximum Gasteiger partial charge on any atom is 0.324 e. The van der Waals surface area contributed by atoms with Crippen molar-refractivity contribution in [2.24, 2.45) is 0 Å². The van der Waals surface area contributed by atoms with Crippen molar-refractivity contribution in [3.05, 3.63) is 34.6 Å². The second-order valence-electron chi connectivity index (χ2n) is 6.84. The van der Waals surface area contributed by atoms with Crippen LogP contribution in [0.25, 0.3) is 10.9 Å². The molecule has 28 heavy (non-hydrogen) atoms. The summed E-state index contributed by atoms with van der Waals surface area (Å²) in [6.07, 6.45) is 5.00. The minimum Gasteiger partial charge on any atom is -0.329 e. The van der Waals surface area contributed by atoms with Crippen molar-refractivity contribution >= 4 is 34.6 Å². The predicted molar refractivity (Wildman–Crippen MR) is 111 cm³/mol. The van der Waals surface area contributed by atoms with Gasteiger partial charge in [0.25, 0.3) is 5.56 Å². The number of amides is 3. The summed E-state index contributed by atoms with van der Waals surface area (Å²) in [5, 5.41) is 3.87. The minimum absolute atomic E-state index is 0.00121. The number of nitrogens with zero attached hydrogens (tertiary/aromatic N) is 3. The number of nitrogens with one attached hydrogen (secondary N) is 1. The van der Waals surface area contributed by atoms with E-state index in [9.17, 15) is 14.4 Å². The first-order chi connectivity index (χ1) is 13.6. The first kappa shape index (κ1) is 20.4. The molecule has 1 aliphatic rings. The predicted octanol–water partition coefficient (Wildman–Crippen LogP) is 3.01. The molecule has 150 valence electrons. The first-order valence-corrected chi connectivity index (χ1v) is 10.8. The Morgan fingerprint density at radius 1 is 1.07 bits per heavy atom. The summed E-state index contributed by atoms with van der Waals surface area (Å²) in [4.78, 5) is 42.1. The van der Waals surface area contributed by atoms with Crippen LogP contribution in [0.3, 0.4) is 0 Å². The molecule has 8 heteroatoms. The Kier molecular flexibility index (Phi) is 7.08. The molecule has 0 aliphatic carbocycles. The summed E-state index contributed by atoms with van der Waals surface area (Å²) in [5.74, 6) is 0.489. The molecule has 1 saturated heterocycles. The maximum absolute atomic E-state index is 12.9. The summed E-state index contributed by atoms with van der Waals surface area (Å²) < 4.78 is 1.77. The van der Waals surface area contributed by atoms with E-state index in [2.05, 4.69) is 12.2 Å². The highest BCUT2D eigenvalue weighted by Gasteiger charge is 2.27. The van der Waals surface area contributed by atoms with Crippen molar-refractivity contribution < 1.29 is 9.59 Å². The van der Waals surface area contributed by atoms with Crippen LogP contribution in [0.4, 0.5) is 4.79 Å². The summed E-state index contributed by atoms with van der Waals surface area (Å²) in [5.41, 5.74) is 0.701. The number of hydrogen-bond acceptors (Lipinski definition) is 5. The Morgan fingerprint density at radius 3 is 2.64 bits per heavy atom. The van der Waals surface area contributed by atoms with Crippen molar-refractivity contribution in [2.75, 3.05) is 18.8 Å². The lowest BCUT2D eigenvalue weighted by molar-refractivity contribution is -0.124. The molecule has 1 aromatic carbocycles. The lowest BCUT2D eigenvalue weighted by Gasteiger charge is -2.14. The third-order valence-electron chi connectivity index (χ3n) is 4.76. The molecule has 0 unspecified atom stereocenters. The number of unbranched alkanes of at least 4 members (excludes halogenated alkanes) is 3. The highest BCUT2D eigenvalue weighted by atomic mass is 32.2. The van der Waals surface area contributed by atoms with Crippen LogP contribution in [0.15, 0.2) is 34.2 Å². The van der Waals surface area contributed by atoms with Gasteiger partial charge in [0.15, 0.2) is 5.16 Å². The quantitative estimate of drug-likeness (QED) is 0.286. The minimum atomic E-state index is -0.327. The number of rotatable bonds is 10. The molecule has 3 amide bonds. The fraction of sp³-hybridized carbons (Fsp3) is 0.500. The van der Waals surface area contributed by atoms with Gasteiger partial charge in [0.1, 0.15) is 0 Å². The molecule has 0 bridgehead atoms. The van der Waals surface area contributed by atoms with Gasteiger partial charge in [-0.2, -0.15) is 0 Å². The second kappa shape index (κ2) is 9.73. The molecule has 1 aromatic heterocycles.